The fourth-order valence-corrected chi connectivity index (χ4v) is 3.24. The lowest BCUT2D eigenvalue weighted by Gasteiger charge is -2.43. The van der Waals surface area contributed by atoms with Gasteiger partial charge in [-0.25, -0.2) is 4.98 Å². The topological polar surface area (TPSA) is 109 Å². The van der Waals surface area contributed by atoms with Crippen molar-refractivity contribution >= 4 is 17.3 Å². The highest BCUT2D eigenvalue weighted by Crippen LogP contribution is 2.37. The number of nitrogens with zero attached hydrogens (tertiary/aromatic N) is 3. The molecule has 0 atom stereocenters. The molecule has 0 aromatic carbocycles. The largest absolute Gasteiger partial charge is 0.480 e. The number of nitrogens with one attached hydrogen (secondary N) is 1. The molecular weight excluding hydrogens is 369 g/mol. The van der Waals surface area contributed by atoms with Crippen LogP contribution in [0, 0.1) is 16.0 Å². The summed E-state index contributed by atoms with van der Waals surface area (Å²) in [6.07, 6.45) is -0.912. The fraction of sp³-hybridized carbons (Fsp3) is 0.625. The molecule has 0 bridgehead atoms. The van der Waals surface area contributed by atoms with Gasteiger partial charge >= 0.3 is 17.8 Å². The maximum atomic E-state index is 12.8. The van der Waals surface area contributed by atoms with Gasteiger partial charge in [0.1, 0.15) is 17.6 Å². The molecule has 148 valence electrons. The number of halogens is 3. The van der Waals surface area contributed by atoms with Crippen LogP contribution in [0.3, 0.4) is 0 Å². The van der Waals surface area contributed by atoms with E-state index in [4.69, 9.17) is 5.11 Å². The Bertz CT molecular complexity index is 733. The first-order chi connectivity index (χ1) is 12.6. The number of rotatable bonds is 8. The Morgan fingerprint density at radius 1 is 1.41 bits per heavy atom. The number of pyridine rings is 1. The van der Waals surface area contributed by atoms with Crippen molar-refractivity contribution in [3.8, 4) is 0 Å². The van der Waals surface area contributed by atoms with Gasteiger partial charge in [-0.1, -0.05) is 0 Å². The van der Waals surface area contributed by atoms with Gasteiger partial charge in [0.15, 0.2) is 0 Å². The van der Waals surface area contributed by atoms with Crippen molar-refractivity contribution < 1.29 is 28.0 Å². The molecule has 0 unspecified atom stereocenters. The number of hydrogen-bond donors (Lipinski definition) is 2. The van der Waals surface area contributed by atoms with E-state index in [-0.39, 0.29) is 24.3 Å². The molecule has 2 aliphatic rings. The van der Waals surface area contributed by atoms with Crippen molar-refractivity contribution in [2.24, 2.45) is 5.92 Å². The minimum Gasteiger partial charge on any atom is -0.480 e. The maximum absolute atomic E-state index is 12.8. The summed E-state index contributed by atoms with van der Waals surface area (Å²) in [7, 11) is 0. The first kappa shape index (κ1) is 19.3. The van der Waals surface area contributed by atoms with Crippen LogP contribution in [0.1, 0.15) is 31.4 Å². The Morgan fingerprint density at radius 2 is 2.07 bits per heavy atom. The lowest BCUT2D eigenvalue weighted by molar-refractivity contribution is -0.384. The summed E-state index contributed by atoms with van der Waals surface area (Å²) < 4.78 is 38.5. The summed E-state index contributed by atoms with van der Waals surface area (Å²) in [6, 6.07) is 0.389. The molecule has 2 aliphatic carbocycles. The van der Waals surface area contributed by atoms with Crippen molar-refractivity contribution in [3.63, 3.8) is 0 Å². The molecule has 27 heavy (non-hydrogen) atoms. The van der Waals surface area contributed by atoms with Crippen LogP contribution < -0.4 is 5.32 Å². The van der Waals surface area contributed by atoms with Crippen LogP contribution in [0.2, 0.25) is 0 Å². The fourth-order valence-electron chi connectivity index (χ4n) is 3.24. The molecule has 3 rings (SSSR count). The lowest BCUT2D eigenvalue weighted by Crippen LogP contribution is -2.52. The zero-order chi connectivity index (χ0) is 19.8. The molecular formula is C16H19F3N4O4. The van der Waals surface area contributed by atoms with Gasteiger partial charge in [-0.2, -0.15) is 13.2 Å². The Labute approximate surface area is 152 Å². The van der Waals surface area contributed by atoms with Crippen LogP contribution in [-0.4, -0.2) is 51.1 Å². The normalized spacial score (nSPS) is 22.4. The molecule has 0 spiro atoms. The highest BCUT2D eigenvalue weighted by atomic mass is 19.4. The maximum Gasteiger partial charge on any atom is 0.433 e. The SMILES string of the molecule is O=C(O)CN(CC1CC1)C1CC(Nc2cc(C(F)(F)F)ncc2[N+](=O)[O-])C1. The highest BCUT2D eigenvalue weighted by molar-refractivity contribution is 5.69. The van der Waals surface area contributed by atoms with Crippen molar-refractivity contribution in [2.75, 3.05) is 18.4 Å². The van der Waals surface area contributed by atoms with Crippen molar-refractivity contribution in [2.45, 2.75) is 43.9 Å². The summed E-state index contributed by atoms with van der Waals surface area (Å²) in [6.45, 7) is 0.610. The average Bonchev–Trinajstić information content (AvgIpc) is 3.32. The molecule has 0 aliphatic heterocycles. The standard InChI is InChI=1S/C16H19F3N4O4/c17-16(18,19)14-5-12(13(6-20-14)23(26)27)21-10-3-11(4-10)22(8-15(24)25)7-9-1-2-9/h5-6,9-11H,1-4,7-8H2,(H,20,21)(H,24,25). The Kier molecular flexibility index (Phi) is 5.22. The predicted molar refractivity (Wildman–Crippen MR) is 88.3 cm³/mol. The zero-order valence-corrected chi connectivity index (χ0v) is 14.3. The zero-order valence-electron chi connectivity index (χ0n) is 14.3. The average molecular weight is 388 g/mol. The van der Waals surface area contributed by atoms with E-state index in [1.54, 1.807) is 0 Å². The van der Waals surface area contributed by atoms with Crippen LogP contribution in [0.25, 0.3) is 0 Å². The third-order valence-electron chi connectivity index (χ3n) is 4.89. The number of hydrogen-bond acceptors (Lipinski definition) is 6. The third-order valence-corrected chi connectivity index (χ3v) is 4.89. The van der Waals surface area contributed by atoms with E-state index in [9.17, 15) is 28.1 Å². The van der Waals surface area contributed by atoms with Gasteiger partial charge in [0, 0.05) is 18.6 Å². The monoisotopic (exact) mass is 388 g/mol. The van der Waals surface area contributed by atoms with E-state index in [1.807, 2.05) is 4.90 Å². The number of alkyl halides is 3. The van der Waals surface area contributed by atoms with E-state index in [2.05, 4.69) is 10.3 Å². The molecule has 0 saturated heterocycles. The lowest BCUT2D eigenvalue weighted by atomic mass is 9.85. The van der Waals surface area contributed by atoms with E-state index >= 15 is 0 Å². The molecule has 0 amide bonds. The number of carbonyl (C=O) groups is 1. The minimum absolute atomic E-state index is 0.00202. The van der Waals surface area contributed by atoms with Crippen LogP contribution in [0.4, 0.5) is 24.5 Å². The van der Waals surface area contributed by atoms with Gasteiger partial charge in [0.25, 0.3) is 0 Å². The molecule has 8 nitrogen and oxygen atoms in total. The van der Waals surface area contributed by atoms with Crippen molar-refractivity contribution in [1.82, 2.24) is 9.88 Å². The summed E-state index contributed by atoms with van der Waals surface area (Å²) in [4.78, 5) is 26.3. The molecule has 1 aromatic rings. The number of nitro groups is 1. The first-order valence-corrected chi connectivity index (χ1v) is 8.57. The number of aromatic nitrogens is 1. The minimum atomic E-state index is -4.70. The molecule has 0 radical (unpaired) electrons. The van der Waals surface area contributed by atoms with Crippen LogP contribution >= 0.6 is 0 Å². The van der Waals surface area contributed by atoms with Gasteiger partial charge in [0.05, 0.1) is 11.5 Å². The first-order valence-electron chi connectivity index (χ1n) is 8.57. The number of aliphatic carboxylic acids is 1. The number of anilines is 1. The Balaban J connectivity index is 1.66. The van der Waals surface area contributed by atoms with Gasteiger partial charge in [0.2, 0.25) is 0 Å². The summed E-state index contributed by atoms with van der Waals surface area (Å²) in [5, 5.41) is 22.9. The second-order valence-corrected chi connectivity index (χ2v) is 7.07. The van der Waals surface area contributed by atoms with E-state index in [0.717, 1.165) is 12.8 Å². The van der Waals surface area contributed by atoms with E-state index in [1.165, 1.54) is 0 Å². The smallest absolute Gasteiger partial charge is 0.433 e. The van der Waals surface area contributed by atoms with Gasteiger partial charge in [-0.3, -0.25) is 19.8 Å². The van der Waals surface area contributed by atoms with E-state index in [0.29, 0.717) is 37.6 Å². The summed E-state index contributed by atoms with van der Waals surface area (Å²) in [5.74, 6) is -0.418. The van der Waals surface area contributed by atoms with Crippen molar-refractivity contribution in [1.29, 1.82) is 0 Å². The van der Waals surface area contributed by atoms with Crippen LogP contribution in [0.5, 0.6) is 0 Å². The Morgan fingerprint density at radius 3 is 2.59 bits per heavy atom. The molecule has 2 fully saturated rings. The second kappa shape index (κ2) is 7.29. The number of carboxylic acid groups (broad SMARTS) is 1. The van der Waals surface area contributed by atoms with Crippen molar-refractivity contribution in [3.05, 3.63) is 28.1 Å². The van der Waals surface area contributed by atoms with Crippen LogP contribution in [0.15, 0.2) is 12.3 Å². The van der Waals surface area contributed by atoms with Crippen LogP contribution in [-0.2, 0) is 11.0 Å². The number of carboxylic acids is 1. The van der Waals surface area contributed by atoms with Gasteiger partial charge in [-0.05, 0) is 37.7 Å². The Hall–Kier alpha value is -2.43. The highest BCUT2D eigenvalue weighted by Gasteiger charge is 2.39. The summed E-state index contributed by atoms with van der Waals surface area (Å²) >= 11 is 0. The molecule has 2 saturated carbocycles. The summed E-state index contributed by atoms with van der Waals surface area (Å²) in [5.41, 5.74) is -1.95. The molecule has 2 N–H and O–H groups in total. The molecule has 11 heteroatoms. The molecule has 1 heterocycles. The van der Waals surface area contributed by atoms with Gasteiger partial charge < -0.3 is 10.4 Å². The molecule has 1 aromatic heterocycles. The predicted octanol–water partition coefficient (Wildman–Crippen LogP) is 2.75. The second-order valence-electron chi connectivity index (χ2n) is 7.07. The van der Waals surface area contributed by atoms with E-state index < -0.39 is 28.5 Å². The van der Waals surface area contributed by atoms with Gasteiger partial charge in [-0.15, -0.1) is 0 Å². The quantitative estimate of drug-likeness (QED) is 0.521. The third kappa shape index (κ3) is 4.85.